The van der Waals surface area contributed by atoms with Crippen molar-refractivity contribution >= 4 is 22.8 Å². The van der Waals surface area contributed by atoms with E-state index in [1.165, 1.54) is 6.08 Å². The quantitative estimate of drug-likeness (QED) is 0.402. The fourth-order valence-corrected chi connectivity index (χ4v) is 3.32. The van der Waals surface area contributed by atoms with Crippen LogP contribution in [0.4, 0.5) is 0 Å². The van der Waals surface area contributed by atoms with E-state index >= 15 is 0 Å². The third-order valence-corrected chi connectivity index (χ3v) is 5.01. The van der Waals surface area contributed by atoms with E-state index in [0.29, 0.717) is 18.5 Å². The molecule has 0 spiro atoms. The number of unbranched alkanes of at least 4 members (excludes halogenated alkanes) is 2. The van der Waals surface area contributed by atoms with E-state index in [1.807, 2.05) is 24.3 Å². The Bertz CT molecular complexity index is 820. The molecule has 1 aromatic heterocycles. The highest BCUT2D eigenvalue weighted by Crippen LogP contribution is 2.28. The number of carboxylic acids is 1. The number of fused-ring (bicyclic) bond motifs is 1. The van der Waals surface area contributed by atoms with Crippen LogP contribution in [0.1, 0.15) is 69.2 Å². The minimum absolute atomic E-state index is 0.0376. The number of hydrogen-bond acceptors (Lipinski definition) is 5. The number of carbonyl (C=O) groups is 1. The van der Waals surface area contributed by atoms with Crippen LogP contribution < -0.4 is 0 Å². The third kappa shape index (κ3) is 6.92. The molecule has 2 aromatic rings. The van der Waals surface area contributed by atoms with Crippen LogP contribution in [-0.4, -0.2) is 43.6 Å². The molecule has 1 aromatic carbocycles. The van der Waals surface area contributed by atoms with Crippen molar-refractivity contribution in [3.8, 4) is 0 Å². The molecule has 3 atom stereocenters. The number of aliphatic carboxylic acids is 1. The second-order valence-electron chi connectivity index (χ2n) is 7.36. The zero-order chi connectivity index (χ0) is 21.2. The molecule has 2 unspecified atom stereocenters. The van der Waals surface area contributed by atoms with Gasteiger partial charge in [-0.15, -0.1) is 0 Å². The van der Waals surface area contributed by atoms with Gasteiger partial charge in [0.2, 0.25) is 0 Å². The Balaban J connectivity index is 2.14. The van der Waals surface area contributed by atoms with E-state index in [4.69, 9.17) is 5.11 Å². The van der Waals surface area contributed by atoms with Crippen LogP contribution in [0, 0.1) is 0 Å². The molecule has 0 saturated heterocycles. The molecule has 2 rings (SSSR count). The second kappa shape index (κ2) is 11.7. The number of aliphatic hydroxyl groups is 3. The van der Waals surface area contributed by atoms with E-state index in [1.54, 1.807) is 12.3 Å². The molecule has 1 heterocycles. The van der Waals surface area contributed by atoms with Gasteiger partial charge in [0.1, 0.15) is 0 Å². The molecule has 6 nitrogen and oxygen atoms in total. The summed E-state index contributed by atoms with van der Waals surface area (Å²) >= 11 is 0. The monoisotopic (exact) mass is 401 g/mol. The summed E-state index contributed by atoms with van der Waals surface area (Å²) in [6, 6.07) is 7.68. The molecular weight excluding hydrogens is 370 g/mol. The summed E-state index contributed by atoms with van der Waals surface area (Å²) in [6.45, 7) is 2.12. The maximum absolute atomic E-state index is 10.6. The van der Waals surface area contributed by atoms with Crippen molar-refractivity contribution in [3.05, 3.63) is 47.8 Å². The molecule has 29 heavy (non-hydrogen) atoms. The molecule has 0 aliphatic heterocycles. The van der Waals surface area contributed by atoms with Crippen molar-refractivity contribution in [2.45, 2.75) is 70.2 Å². The summed E-state index contributed by atoms with van der Waals surface area (Å²) in [6.07, 6.45) is 6.37. The predicted octanol–water partition coefficient (Wildman–Crippen LogP) is 3.84. The molecule has 0 bridgehead atoms. The number of carboxylic acid groups (broad SMARTS) is 1. The molecule has 0 saturated carbocycles. The number of nitrogens with zero attached hydrogens (tertiary/aromatic N) is 1. The van der Waals surface area contributed by atoms with Crippen LogP contribution in [0.25, 0.3) is 16.8 Å². The zero-order valence-electron chi connectivity index (χ0n) is 16.9. The predicted molar refractivity (Wildman–Crippen MR) is 113 cm³/mol. The standard InChI is InChI=1S/C23H31NO5/c1-2-3-4-10-21(27)23-18-9-6-5-8-17(18)16(15-24-23)13-14-20(26)19(25)11-7-12-22(28)29/h5-6,8-9,13-15,19-21,25-27H,2-4,7,10-12H2,1H3,(H,28,29)/t19?,20?,21-/m1/s1. The van der Waals surface area contributed by atoms with Gasteiger partial charge in [0.25, 0.3) is 0 Å². The molecule has 0 aliphatic carbocycles. The first-order valence-corrected chi connectivity index (χ1v) is 10.3. The molecule has 0 radical (unpaired) electrons. The van der Waals surface area contributed by atoms with E-state index in [-0.39, 0.29) is 12.8 Å². The lowest BCUT2D eigenvalue weighted by molar-refractivity contribution is -0.137. The van der Waals surface area contributed by atoms with E-state index < -0.39 is 24.3 Å². The first kappa shape index (κ1) is 23.0. The van der Waals surface area contributed by atoms with E-state index in [9.17, 15) is 20.1 Å². The lowest BCUT2D eigenvalue weighted by Crippen LogP contribution is -2.23. The Hall–Kier alpha value is -2.28. The van der Waals surface area contributed by atoms with Gasteiger partial charge in [0.15, 0.2) is 0 Å². The van der Waals surface area contributed by atoms with Crippen LogP contribution in [0.3, 0.4) is 0 Å². The Morgan fingerprint density at radius 2 is 1.79 bits per heavy atom. The van der Waals surface area contributed by atoms with Gasteiger partial charge in [-0.1, -0.05) is 62.6 Å². The maximum atomic E-state index is 10.6. The highest BCUT2D eigenvalue weighted by molar-refractivity contribution is 5.92. The van der Waals surface area contributed by atoms with Crippen molar-refractivity contribution in [1.29, 1.82) is 0 Å². The van der Waals surface area contributed by atoms with Crippen molar-refractivity contribution in [2.24, 2.45) is 0 Å². The lowest BCUT2D eigenvalue weighted by atomic mass is 9.99. The van der Waals surface area contributed by atoms with Crippen LogP contribution in [0.15, 0.2) is 36.5 Å². The van der Waals surface area contributed by atoms with Gasteiger partial charge in [-0.05, 0) is 24.6 Å². The summed E-state index contributed by atoms with van der Waals surface area (Å²) in [5.74, 6) is -0.920. The highest BCUT2D eigenvalue weighted by atomic mass is 16.4. The van der Waals surface area contributed by atoms with Gasteiger partial charge in [-0.3, -0.25) is 9.78 Å². The molecule has 6 heteroatoms. The number of benzene rings is 1. The summed E-state index contributed by atoms with van der Waals surface area (Å²) in [5, 5.41) is 41.1. The topological polar surface area (TPSA) is 111 Å². The van der Waals surface area contributed by atoms with E-state index in [2.05, 4.69) is 11.9 Å². The smallest absolute Gasteiger partial charge is 0.303 e. The Morgan fingerprint density at radius 3 is 2.48 bits per heavy atom. The average Bonchev–Trinajstić information content (AvgIpc) is 2.71. The van der Waals surface area contributed by atoms with Crippen molar-refractivity contribution < 1.29 is 25.2 Å². The first-order chi connectivity index (χ1) is 13.9. The molecule has 0 fully saturated rings. The molecule has 158 valence electrons. The number of pyridine rings is 1. The van der Waals surface area contributed by atoms with Crippen molar-refractivity contribution in [3.63, 3.8) is 0 Å². The SMILES string of the molecule is CCCCC[C@@H](O)c1ncc(C=CC(O)C(O)CCCC(=O)O)c2ccccc12. The minimum Gasteiger partial charge on any atom is -0.481 e. The molecule has 4 N–H and O–H groups in total. The fraction of sp³-hybridized carbons (Fsp3) is 0.478. The van der Waals surface area contributed by atoms with Gasteiger partial charge in [-0.25, -0.2) is 0 Å². The van der Waals surface area contributed by atoms with Gasteiger partial charge >= 0.3 is 5.97 Å². The zero-order valence-corrected chi connectivity index (χ0v) is 16.9. The normalized spacial score (nSPS) is 14.9. The van der Waals surface area contributed by atoms with E-state index in [0.717, 1.165) is 35.6 Å². The largest absolute Gasteiger partial charge is 0.481 e. The maximum Gasteiger partial charge on any atom is 0.303 e. The number of hydrogen-bond donors (Lipinski definition) is 4. The highest BCUT2D eigenvalue weighted by Gasteiger charge is 2.16. The van der Waals surface area contributed by atoms with Crippen molar-refractivity contribution in [1.82, 2.24) is 4.98 Å². The van der Waals surface area contributed by atoms with Crippen LogP contribution in [0.5, 0.6) is 0 Å². The van der Waals surface area contributed by atoms with Gasteiger partial charge in [-0.2, -0.15) is 0 Å². The Labute approximate surface area is 171 Å². The summed E-state index contributed by atoms with van der Waals surface area (Å²) in [7, 11) is 0. The average molecular weight is 402 g/mol. The fourth-order valence-electron chi connectivity index (χ4n) is 3.32. The van der Waals surface area contributed by atoms with Crippen LogP contribution in [0.2, 0.25) is 0 Å². The molecule has 0 aliphatic rings. The number of aliphatic hydroxyl groups excluding tert-OH is 3. The number of aromatic nitrogens is 1. The Kier molecular flexibility index (Phi) is 9.25. The second-order valence-corrected chi connectivity index (χ2v) is 7.36. The summed E-state index contributed by atoms with van der Waals surface area (Å²) in [4.78, 5) is 15.0. The van der Waals surface area contributed by atoms with Gasteiger partial charge in [0.05, 0.1) is 24.0 Å². The van der Waals surface area contributed by atoms with Gasteiger partial charge < -0.3 is 20.4 Å². The summed E-state index contributed by atoms with van der Waals surface area (Å²) < 4.78 is 0. The molecule has 0 amide bonds. The van der Waals surface area contributed by atoms with Crippen LogP contribution in [-0.2, 0) is 4.79 Å². The third-order valence-electron chi connectivity index (χ3n) is 5.01. The summed E-state index contributed by atoms with van der Waals surface area (Å²) in [5.41, 5.74) is 1.44. The minimum atomic E-state index is -1.10. The van der Waals surface area contributed by atoms with Crippen molar-refractivity contribution in [2.75, 3.05) is 0 Å². The number of rotatable bonds is 12. The first-order valence-electron chi connectivity index (χ1n) is 10.3. The Morgan fingerprint density at radius 1 is 1.07 bits per heavy atom. The molecular formula is C23H31NO5. The van der Waals surface area contributed by atoms with Gasteiger partial charge in [0, 0.05) is 23.6 Å². The van der Waals surface area contributed by atoms with Crippen LogP contribution >= 0.6 is 0 Å². The lowest BCUT2D eigenvalue weighted by Gasteiger charge is -2.15.